The van der Waals surface area contributed by atoms with E-state index in [1.165, 1.54) is 15.4 Å². The second-order valence-electron chi connectivity index (χ2n) is 9.59. The average Bonchev–Trinajstić information content (AvgIpc) is 3.56. The number of rotatable bonds is 4. The maximum atomic E-state index is 13.4. The van der Waals surface area contributed by atoms with Crippen LogP contribution in [0.2, 0.25) is 0 Å². The van der Waals surface area contributed by atoms with Crippen LogP contribution < -0.4 is 5.56 Å². The minimum atomic E-state index is -1.08. The lowest BCUT2D eigenvalue weighted by molar-refractivity contribution is -0.0300. The summed E-state index contributed by atoms with van der Waals surface area (Å²) in [6.07, 6.45) is 5.74. The number of carbonyl (C=O) groups excluding carboxylic acids is 1. The van der Waals surface area contributed by atoms with Crippen LogP contribution in [0.15, 0.2) is 72.0 Å². The number of nitrogens with zero attached hydrogens (tertiary/aromatic N) is 5. The number of aliphatic hydroxyl groups is 1. The first-order valence-electron chi connectivity index (χ1n) is 12.0. The van der Waals surface area contributed by atoms with E-state index >= 15 is 0 Å². The number of amides is 1. The molecule has 5 aromatic rings. The molecule has 0 saturated carbocycles. The summed E-state index contributed by atoms with van der Waals surface area (Å²) in [6, 6.07) is 15.2. The molecule has 0 unspecified atom stereocenters. The van der Waals surface area contributed by atoms with Gasteiger partial charge in [-0.3, -0.25) is 19.3 Å². The number of benzene rings is 2. The van der Waals surface area contributed by atoms with Gasteiger partial charge in [-0.15, -0.1) is 0 Å². The van der Waals surface area contributed by atoms with Gasteiger partial charge in [-0.25, -0.2) is 4.52 Å². The molecule has 0 bridgehead atoms. The predicted octanol–water partition coefficient (Wildman–Crippen LogP) is 3.02. The Labute approximate surface area is 206 Å². The van der Waals surface area contributed by atoms with Crippen molar-refractivity contribution in [3.63, 3.8) is 0 Å². The highest BCUT2D eigenvalue weighted by atomic mass is 16.3. The molecular weight excluding hydrogens is 456 g/mol. The summed E-state index contributed by atoms with van der Waals surface area (Å²) in [5.41, 5.74) is 3.89. The topological polar surface area (TPSA) is 109 Å². The fraction of sp³-hybridized carbons (Fsp3) is 0.259. The molecule has 2 aromatic carbocycles. The van der Waals surface area contributed by atoms with Crippen LogP contribution in [0.1, 0.15) is 28.8 Å². The normalized spacial score (nSPS) is 15.6. The van der Waals surface area contributed by atoms with Crippen molar-refractivity contribution in [2.75, 3.05) is 13.1 Å². The van der Waals surface area contributed by atoms with Crippen LogP contribution in [0.5, 0.6) is 0 Å². The van der Waals surface area contributed by atoms with Crippen LogP contribution in [-0.4, -0.2) is 59.0 Å². The van der Waals surface area contributed by atoms with E-state index in [9.17, 15) is 14.7 Å². The highest BCUT2D eigenvalue weighted by Crippen LogP contribution is 2.32. The minimum absolute atomic E-state index is 0.0654. The van der Waals surface area contributed by atoms with Gasteiger partial charge in [-0.1, -0.05) is 18.2 Å². The Morgan fingerprint density at radius 2 is 1.97 bits per heavy atom. The van der Waals surface area contributed by atoms with Crippen molar-refractivity contribution in [2.24, 2.45) is 0 Å². The van der Waals surface area contributed by atoms with E-state index < -0.39 is 5.60 Å². The summed E-state index contributed by atoms with van der Waals surface area (Å²) < 4.78 is 2.97. The average molecular weight is 483 g/mol. The van der Waals surface area contributed by atoms with Crippen molar-refractivity contribution in [1.29, 1.82) is 0 Å². The Bertz CT molecular complexity index is 1660. The summed E-state index contributed by atoms with van der Waals surface area (Å²) in [5.74, 6) is -0.0654. The van der Waals surface area contributed by atoms with Gasteiger partial charge in [0.05, 0.1) is 23.9 Å². The van der Waals surface area contributed by atoms with Crippen LogP contribution in [0.25, 0.3) is 27.5 Å². The highest BCUT2D eigenvalue weighted by molar-refractivity contribution is 5.99. The molecule has 182 valence electrons. The molecule has 4 heterocycles. The number of likely N-dealkylation sites (tertiary alicyclic amines) is 1. The number of aromatic nitrogens is 5. The molecule has 9 nitrogen and oxygen atoms in total. The van der Waals surface area contributed by atoms with Crippen LogP contribution in [-0.2, 0) is 6.54 Å². The van der Waals surface area contributed by atoms with E-state index in [0.717, 1.165) is 27.6 Å². The number of H-pyrrole nitrogens is 1. The van der Waals surface area contributed by atoms with Crippen molar-refractivity contribution in [3.05, 3.63) is 88.7 Å². The molecular formula is C27H26N6O3. The molecule has 2 N–H and O–H groups in total. The van der Waals surface area contributed by atoms with E-state index in [0.29, 0.717) is 37.0 Å². The van der Waals surface area contributed by atoms with Gasteiger partial charge in [0, 0.05) is 30.2 Å². The molecule has 0 aliphatic carbocycles. The third-order valence-corrected chi connectivity index (χ3v) is 7.20. The largest absolute Gasteiger partial charge is 0.388 e. The maximum absolute atomic E-state index is 13.4. The third kappa shape index (κ3) is 3.77. The van der Waals surface area contributed by atoms with Crippen LogP contribution in [0.4, 0.5) is 0 Å². The number of hydrogen-bond acceptors (Lipinski definition) is 5. The fourth-order valence-corrected chi connectivity index (χ4v) is 5.17. The van der Waals surface area contributed by atoms with Crippen LogP contribution in [0, 0.1) is 6.92 Å². The van der Waals surface area contributed by atoms with E-state index in [4.69, 9.17) is 0 Å². The zero-order chi connectivity index (χ0) is 24.9. The zero-order valence-electron chi connectivity index (χ0n) is 19.9. The zero-order valence-corrected chi connectivity index (χ0v) is 19.9. The number of hydrogen-bond donors (Lipinski definition) is 2. The number of carbonyl (C=O) groups is 1. The molecule has 1 saturated heterocycles. The molecule has 1 amide bonds. The molecule has 36 heavy (non-hydrogen) atoms. The van der Waals surface area contributed by atoms with Gasteiger partial charge in [-0.2, -0.15) is 10.2 Å². The summed E-state index contributed by atoms with van der Waals surface area (Å²) in [7, 11) is 0. The quantitative estimate of drug-likeness (QED) is 0.409. The Kier molecular flexibility index (Phi) is 5.22. The summed E-state index contributed by atoms with van der Waals surface area (Å²) in [4.78, 5) is 27.9. The second kappa shape index (κ2) is 8.46. The number of nitrogens with one attached hydrogen (secondary N) is 1. The van der Waals surface area contributed by atoms with Gasteiger partial charge in [0.2, 0.25) is 0 Å². The fourth-order valence-electron chi connectivity index (χ4n) is 5.17. The molecule has 1 aliphatic heterocycles. The molecule has 0 radical (unpaired) electrons. The number of aryl methyl sites for hydroxylation is 1. The Morgan fingerprint density at radius 3 is 2.81 bits per heavy atom. The SMILES string of the molecule is Cc1ccc2[nH]ncc2c1-c1cccc(C(=O)N2CCC(O)(Cn3cnn4cccc4c3=O)CC2)c1. The Morgan fingerprint density at radius 1 is 1.14 bits per heavy atom. The lowest BCUT2D eigenvalue weighted by atomic mass is 9.90. The number of aromatic amines is 1. The molecule has 6 rings (SSSR count). The van der Waals surface area contributed by atoms with Gasteiger partial charge in [0.25, 0.3) is 11.5 Å². The van der Waals surface area contributed by atoms with E-state index in [2.05, 4.69) is 22.2 Å². The minimum Gasteiger partial charge on any atom is -0.388 e. The molecule has 9 heteroatoms. The van der Waals surface area contributed by atoms with Crippen molar-refractivity contribution in [3.8, 4) is 11.1 Å². The highest BCUT2D eigenvalue weighted by Gasteiger charge is 2.35. The van der Waals surface area contributed by atoms with E-state index in [-0.39, 0.29) is 18.0 Å². The first kappa shape index (κ1) is 22.2. The van der Waals surface area contributed by atoms with Gasteiger partial charge in [-0.05, 0) is 66.8 Å². The summed E-state index contributed by atoms with van der Waals surface area (Å²) >= 11 is 0. The number of piperidine rings is 1. The van der Waals surface area contributed by atoms with Crippen LogP contribution in [0.3, 0.4) is 0 Å². The molecule has 0 atom stereocenters. The molecule has 0 spiro atoms. The van der Waals surface area contributed by atoms with Gasteiger partial charge in [0.1, 0.15) is 11.8 Å². The van der Waals surface area contributed by atoms with Gasteiger partial charge < -0.3 is 10.0 Å². The Balaban J connectivity index is 1.20. The van der Waals surface area contributed by atoms with Gasteiger partial charge in [0.15, 0.2) is 0 Å². The lowest BCUT2D eigenvalue weighted by Gasteiger charge is -2.38. The Hall–Kier alpha value is -4.24. The van der Waals surface area contributed by atoms with E-state index in [1.807, 2.05) is 42.6 Å². The standard InChI is InChI=1S/C27H26N6O3/c1-18-7-8-22-21(15-28-30-22)24(18)19-4-2-5-20(14-19)25(34)31-12-9-27(36,10-13-31)16-32-17-29-33-11-3-6-23(33)26(32)35/h2-8,11,14-15,17,36H,9-10,12-13,16H2,1H3,(H,28,30). The summed E-state index contributed by atoms with van der Waals surface area (Å²) in [6.45, 7) is 3.01. The monoisotopic (exact) mass is 482 g/mol. The predicted molar refractivity (Wildman–Crippen MR) is 136 cm³/mol. The number of fused-ring (bicyclic) bond motifs is 2. The molecule has 1 aliphatic rings. The first-order valence-corrected chi connectivity index (χ1v) is 12.0. The first-order chi connectivity index (χ1) is 17.4. The summed E-state index contributed by atoms with van der Waals surface area (Å²) in [5, 5.41) is 23.6. The molecule has 3 aromatic heterocycles. The van der Waals surface area contributed by atoms with Crippen LogP contribution >= 0.6 is 0 Å². The second-order valence-corrected chi connectivity index (χ2v) is 9.59. The lowest BCUT2D eigenvalue weighted by Crippen LogP contribution is -2.49. The maximum Gasteiger partial charge on any atom is 0.277 e. The van der Waals surface area contributed by atoms with Gasteiger partial charge >= 0.3 is 0 Å². The van der Waals surface area contributed by atoms with Crippen molar-refractivity contribution in [1.82, 2.24) is 29.3 Å². The third-order valence-electron chi connectivity index (χ3n) is 7.20. The van der Waals surface area contributed by atoms with Crippen molar-refractivity contribution in [2.45, 2.75) is 31.9 Å². The smallest absolute Gasteiger partial charge is 0.277 e. The van der Waals surface area contributed by atoms with Crippen molar-refractivity contribution < 1.29 is 9.90 Å². The van der Waals surface area contributed by atoms with E-state index in [1.54, 1.807) is 23.2 Å². The molecule has 1 fully saturated rings. The van der Waals surface area contributed by atoms with Crippen molar-refractivity contribution >= 4 is 22.3 Å².